The first-order valence-electron chi connectivity index (χ1n) is 3.67. The van der Waals surface area contributed by atoms with Crippen LogP contribution in [0.3, 0.4) is 0 Å². The summed E-state index contributed by atoms with van der Waals surface area (Å²) >= 11 is 0. The fourth-order valence-electron chi connectivity index (χ4n) is 1.69. The molecule has 3 heterocycles. The minimum Gasteiger partial charge on any atom is -0.342 e. The standard InChI is InChI=1S/C7H11NO/c9-7-6-3-1-2-4-8(7)5-6/h6H,1-5H2. The van der Waals surface area contributed by atoms with Crippen molar-refractivity contribution in [3.8, 4) is 0 Å². The van der Waals surface area contributed by atoms with Gasteiger partial charge >= 0.3 is 0 Å². The molecule has 1 unspecified atom stereocenters. The van der Waals surface area contributed by atoms with Gasteiger partial charge in [0.05, 0.1) is 5.92 Å². The second kappa shape index (κ2) is 1.72. The molecule has 2 nitrogen and oxygen atoms in total. The van der Waals surface area contributed by atoms with Crippen molar-refractivity contribution in [1.29, 1.82) is 0 Å². The Morgan fingerprint density at radius 1 is 1.44 bits per heavy atom. The first-order chi connectivity index (χ1) is 4.38. The Morgan fingerprint density at radius 2 is 2.33 bits per heavy atom. The van der Waals surface area contributed by atoms with Gasteiger partial charge in [0.15, 0.2) is 0 Å². The number of amides is 1. The predicted octanol–water partition coefficient (Wildman–Crippen LogP) is 0.629. The fourth-order valence-corrected chi connectivity index (χ4v) is 1.69. The minimum atomic E-state index is 0.410. The lowest BCUT2D eigenvalue weighted by Gasteiger charge is -2.35. The molecule has 2 heteroatoms. The second-order valence-electron chi connectivity index (χ2n) is 2.98. The number of rotatable bonds is 0. The summed E-state index contributed by atoms with van der Waals surface area (Å²) in [7, 11) is 0. The molecule has 0 aromatic heterocycles. The van der Waals surface area contributed by atoms with E-state index in [0.717, 1.165) is 19.5 Å². The molecule has 0 aromatic rings. The molecule has 0 saturated carbocycles. The van der Waals surface area contributed by atoms with Gasteiger partial charge in [0.1, 0.15) is 0 Å². The van der Waals surface area contributed by atoms with Crippen molar-refractivity contribution in [2.75, 3.05) is 13.1 Å². The van der Waals surface area contributed by atoms with Crippen LogP contribution in [0.25, 0.3) is 0 Å². The zero-order valence-electron chi connectivity index (χ0n) is 5.47. The summed E-state index contributed by atoms with van der Waals surface area (Å²) in [5.41, 5.74) is 0. The number of carbonyl (C=O) groups is 1. The molecule has 3 rings (SSSR count). The van der Waals surface area contributed by atoms with Gasteiger partial charge in [0.25, 0.3) is 0 Å². The number of carbonyl (C=O) groups excluding carboxylic acids is 1. The van der Waals surface area contributed by atoms with Gasteiger partial charge in [-0.25, -0.2) is 0 Å². The van der Waals surface area contributed by atoms with Gasteiger partial charge in [-0.15, -0.1) is 0 Å². The summed E-state index contributed by atoms with van der Waals surface area (Å²) in [4.78, 5) is 13.0. The zero-order chi connectivity index (χ0) is 6.27. The summed E-state index contributed by atoms with van der Waals surface area (Å²) in [5.74, 6) is 0.833. The Hall–Kier alpha value is -0.530. The van der Waals surface area contributed by atoms with Crippen LogP contribution in [0.15, 0.2) is 0 Å². The van der Waals surface area contributed by atoms with Crippen LogP contribution in [0.4, 0.5) is 0 Å². The summed E-state index contributed by atoms with van der Waals surface area (Å²) < 4.78 is 0. The molecule has 0 aliphatic carbocycles. The molecule has 50 valence electrons. The Kier molecular flexibility index (Phi) is 1.01. The van der Waals surface area contributed by atoms with Crippen molar-refractivity contribution in [3.63, 3.8) is 0 Å². The molecule has 9 heavy (non-hydrogen) atoms. The molecule has 3 aliphatic heterocycles. The third kappa shape index (κ3) is 0.655. The Bertz CT molecular complexity index is 126. The molecule has 3 saturated heterocycles. The van der Waals surface area contributed by atoms with E-state index in [1.54, 1.807) is 0 Å². The third-order valence-electron chi connectivity index (χ3n) is 2.33. The molecule has 0 spiro atoms. The van der Waals surface area contributed by atoms with Crippen molar-refractivity contribution in [1.82, 2.24) is 4.90 Å². The molecule has 3 aliphatic rings. The summed E-state index contributed by atoms with van der Waals surface area (Å²) in [6.07, 6.45) is 3.63. The average molecular weight is 125 g/mol. The number of hydrogen-bond donors (Lipinski definition) is 0. The van der Waals surface area contributed by atoms with Crippen LogP contribution >= 0.6 is 0 Å². The van der Waals surface area contributed by atoms with Crippen LogP contribution in [-0.4, -0.2) is 23.9 Å². The minimum absolute atomic E-state index is 0.410. The Balaban J connectivity index is 2.09. The van der Waals surface area contributed by atoms with Crippen molar-refractivity contribution >= 4 is 5.91 Å². The highest BCUT2D eigenvalue weighted by molar-refractivity contribution is 5.84. The third-order valence-corrected chi connectivity index (χ3v) is 2.33. The molecular weight excluding hydrogens is 114 g/mol. The maximum atomic E-state index is 11.0. The SMILES string of the molecule is O=C1C2CCCCN1C2. The molecular formula is C7H11NO. The van der Waals surface area contributed by atoms with E-state index in [1.165, 1.54) is 12.8 Å². The maximum absolute atomic E-state index is 11.0. The van der Waals surface area contributed by atoms with E-state index < -0.39 is 0 Å². The number of hydrogen-bond acceptors (Lipinski definition) is 1. The summed E-state index contributed by atoms with van der Waals surface area (Å²) in [6, 6.07) is 0. The highest BCUT2D eigenvalue weighted by atomic mass is 16.2. The normalized spacial score (nSPS) is 33.6. The molecule has 0 aromatic carbocycles. The van der Waals surface area contributed by atoms with Gasteiger partial charge in [-0.1, -0.05) is 6.42 Å². The van der Waals surface area contributed by atoms with Gasteiger partial charge in [-0.05, 0) is 12.8 Å². The van der Waals surface area contributed by atoms with E-state index in [2.05, 4.69) is 0 Å². The van der Waals surface area contributed by atoms with E-state index in [9.17, 15) is 4.79 Å². The van der Waals surface area contributed by atoms with Crippen molar-refractivity contribution in [3.05, 3.63) is 0 Å². The van der Waals surface area contributed by atoms with Gasteiger partial charge in [0.2, 0.25) is 5.91 Å². The topological polar surface area (TPSA) is 20.3 Å². The summed E-state index contributed by atoms with van der Waals surface area (Å²) in [6.45, 7) is 2.08. The van der Waals surface area contributed by atoms with E-state index >= 15 is 0 Å². The van der Waals surface area contributed by atoms with Crippen molar-refractivity contribution in [2.24, 2.45) is 5.92 Å². The summed E-state index contributed by atoms with van der Waals surface area (Å²) in [5, 5.41) is 0. The molecule has 0 radical (unpaired) electrons. The smallest absolute Gasteiger partial charge is 0.227 e. The predicted molar refractivity (Wildman–Crippen MR) is 33.9 cm³/mol. The second-order valence-corrected chi connectivity index (χ2v) is 2.98. The van der Waals surface area contributed by atoms with Gasteiger partial charge in [-0.2, -0.15) is 0 Å². The lowest BCUT2D eigenvalue weighted by atomic mass is 9.97. The van der Waals surface area contributed by atoms with Crippen LogP contribution in [0.5, 0.6) is 0 Å². The first-order valence-corrected chi connectivity index (χ1v) is 3.67. The molecule has 1 amide bonds. The van der Waals surface area contributed by atoms with Crippen LogP contribution < -0.4 is 0 Å². The largest absolute Gasteiger partial charge is 0.342 e. The number of fused-ring (bicyclic) bond motifs is 3. The monoisotopic (exact) mass is 125 g/mol. The van der Waals surface area contributed by atoms with Gasteiger partial charge < -0.3 is 4.90 Å². The van der Waals surface area contributed by atoms with E-state index in [4.69, 9.17) is 0 Å². The molecule has 1 atom stereocenters. The fraction of sp³-hybridized carbons (Fsp3) is 0.857. The van der Waals surface area contributed by atoms with Crippen molar-refractivity contribution in [2.45, 2.75) is 19.3 Å². The highest BCUT2D eigenvalue weighted by Crippen LogP contribution is 2.27. The lowest BCUT2D eigenvalue weighted by Crippen LogP contribution is -2.50. The number of β-lactam (4-membered cyclic amide) rings is 1. The molecule has 2 bridgehead atoms. The van der Waals surface area contributed by atoms with Crippen molar-refractivity contribution < 1.29 is 4.79 Å². The van der Waals surface area contributed by atoms with Crippen LogP contribution in [-0.2, 0) is 4.79 Å². The Labute approximate surface area is 54.8 Å². The van der Waals surface area contributed by atoms with Gasteiger partial charge in [-0.3, -0.25) is 4.79 Å². The van der Waals surface area contributed by atoms with E-state index in [0.29, 0.717) is 11.8 Å². The van der Waals surface area contributed by atoms with E-state index in [-0.39, 0.29) is 0 Å². The molecule has 0 N–H and O–H groups in total. The maximum Gasteiger partial charge on any atom is 0.227 e. The Morgan fingerprint density at radius 3 is 3.11 bits per heavy atom. The van der Waals surface area contributed by atoms with Crippen LogP contribution in [0.2, 0.25) is 0 Å². The highest BCUT2D eigenvalue weighted by Gasteiger charge is 2.37. The van der Waals surface area contributed by atoms with Crippen LogP contribution in [0.1, 0.15) is 19.3 Å². The lowest BCUT2D eigenvalue weighted by molar-refractivity contribution is -0.146. The van der Waals surface area contributed by atoms with E-state index in [1.807, 2.05) is 4.90 Å². The molecule has 3 fully saturated rings. The van der Waals surface area contributed by atoms with Gasteiger partial charge in [0, 0.05) is 13.1 Å². The van der Waals surface area contributed by atoms with Crippen LogP contribution in [0, 0.1) is 5.92 Å². The zero-order valence-corrected chi connectivity index (χ0v) is 5.47. The first kappa shape index (κ1) is 5.27. The number of nitrogens with zero attached hydrogens (tertiary/aromatic N) is 1. The quantitative estimate of drug-likeness (QED) is 0.435. The average Bonchev–Trinajstić information content (AvgIpc) is 2.17.